The second-order valence-corrected chi connectivity index (χ2v) is 7.78. The van der Waals surface area contributed by atoms with Crippen LogP contribution in [0.4, 0.5) is 5.69 Å². The second kappa shape index (κ2) is 10.6. The summed E-state index contributed by atoms with van der Waals surface area (Å²) < 4.78 is 32.0. The number of sulfonamides is 1. The fourth-order valence-corrected chi connectivity index (χ4v) is 3.48. The molecule has 150 valence electrons. The van der Waals surface area contributed by atoms with Crippen molar-refractivity contribution in [3.63, 3.8) is 0 Å². The molecular formula is C20H24N2O5S. The van der Waals surface area contributed by atoms with Crippen LogP contribution in [-0.4, -0.2) is 33.4 Å². The normalized spacial score (nSPS) is 11.0. The van der Waals surface area contributed by atoms with Crippen molar-refractivity contribution in [3.8, 4) is 0 Å². The van der Waals surface area contributed by atoms with Crippen LogP contribution in [0, 0.1) is 0 Å². The van der Waals surface area contributed by atoms with E-state index in [1.165, 1.54) is 24.3 Å². The van der Waals surface area contributed by atoms with Crippen molar-refractivity contribution in [3.05, 3.63) is 60.2 Å². The number of hydrogen-bond acceptors (Lipinski definition) is 5. The maximum Gasteiger partial charge on any atom is 0.306 e. The van der Waals surface area contributed by atoms with Gasteiger partial charge in [0.2, 0.25) is 15.9 Å². The first-order valence-corrected chi connectivity index (χ1v) is 10.5. The molecule has 2 rings (SSSR count). The lowest BCUT2D eigenvalue weighted by molar-refractivity contribution is -0.144. The molecule has 0 unspecified atom stereocenters. The van der Waals surface area contributed by atoms with Crippen LogP contribution in [-0.2, 0) is 30.8 Å². The molecule has 0 aliphatic heterocycles. The van der Waals surface area contributed by atoms with Gasteiger partial charge in [0.15, 0.2) is 0 Å². The summed E-state index contributed by atoms with van der Waals surface area (Å²) in [6.45, 7) is 2.26. The number of nitrogens with one attached hydrogen (secondary N) is 2. The molecule has 2 aromatic carbocycles. The first-order valence-electron chi connectivity index (χ1n) is 9.00. The van der Waals surface area contributed by atoms with Crippen LogP contribution in [0.2, 0.25) is 0 Å². The summed E-state index contributed by atoms with van der Waals surface area (Å²) in [5.41, 5.74) is 1.50. The molecule has 0 spiro atoms. The molecule has 0 saturated heterocycles. The number of carbonyl (C=O) groups is 2. The summed E-state index contributed by atoms with van der Waals surface area (Å²) in [5.74, 6) is -0.773. The van der Waals surface area contributed by atoms with Crippen molar-refractivity contribution in [1.29, 1.82) is 0 Å². The Bertz CT molecular complexity index is 881. The van der Waals surface area contributed by atoms with Crippen LogP contribution in [0.5, 0.6) is 0 Å². The molecule has 0 saturated carbocycles. The zero-order chi connectivity index (χ0) is 20.4. The van der Waals surface area contributed by atoms with Gasteiger partial charge in [-0.05, 0) is 43.2 Å². The van der Waals surface area contributed by atoms with E-state index in [0.29, 0.717) is 18.7 Å². The number of esters is 1. The Morgan fingerprint density at radius 3 is 2.29 bits per heavy atom. The molecule has 1 amide bonds. The van der Waals surface area contributed by atoms with Gasteiger partial charge in [-0.25, -0.2) is 13.1 Å². The molecule has 0 bridgehead atoms. The van der Waals surface area contributed by atoms with Gasteiger partial charge in [-0.15, -0.1) is 0 Å². The molecule has 2 N–H and O–H groups in total. The van der Waals surface area contributed by atoms with Gasteiger partial charge in [0.05, 0.1) is 17.9 Å². The van der Waals surface area contributed by atoms with Gasteiger partial charge in [-0.2, -0.15) is 0 Å². The van der Waals surface area contributed by atoms with Crippen LogP contribution in [0.3, 0.4) is 0 Å². The first kappa shape index (κ1) is 21.6. The maximum absolute atomic E-state index is 12.3. The van der Waals surface area contributed by atoms with Crippen molar-refractivity contribution in [2.75, 3.05) is 18.5 Å². The van der Waals surface area contributed by atoms with E-state index in [1.807, 2.05) is 30.3 Å². The summed E-state index contributed by atoms with van der Waals surface area (Å²) >= 11 is 0. The molecule has 28 heavy (non-hydrogen) atoms. The minimum absolute atomic E-state index is 0.0000745. The Balaban J connectivity index is 1.84. The Labute approximate surface area is 165 Å². The molecule has 0 aliphatic carbocycles. The molecular weight excluding hydrogens is 380 g/mol. The van der Waals surface area contributed by atoms with E-state index in [1.54, 1.807) is 6.92 Å². The Morgan fingerprint density at radius 1 is 0.964 bits per heavy atom. The summed E-state index contributed by atoms with van der Waals surface area (Å²) in [4.78, 5) is 23.2. The van der Waals surface area contributed by atoms with Gasteiger partial charge >= 0.3 is 5.97 Å². The predicted molar refractivity (Wildman–Crippen MR) is 106 cm³/mol. The monoisotopic (exact) mass is 404 g/mol. The van der Waals surface area contributed by atoms with Gasteiger partial charge in [0.1, 0.15) is 0 Å². The third-order valence-electron chi connectivity index (χ3n) is 3.86. The molecule has 0 radical (unpaired) electrons. The molecule has 0 atom stereocenters. The highest BCUT2D eigenvalue weighted by Gasteiger charge is 2.14. The highest BCUT2D eigenvalue weighted by Crippen LogP contribution is 2.14. The fraction of sp³-hybridized carbons (Fsp3) is 0.300. The summed E-state index contributed by atoms with van der Waals surface area (Å²) in [5, 5.41) is 2.62. The predicted octanol–water partition coefficient (Wildman–Crippen LogP) is 2.49. The van der Waals surface area contributed by atoms with Gasteiger partial charge in [-0.3, -0.25) is 9.59 Å². The zero-order valence-corrected chi connectivity index (χ0v) is 16.5. The van der Waals surface area contributed by atoms with Crippen LogP contribution >= 0.6 is 0 Å². The maximum atomic E-state index is 12.3. The van der Waals surface area contributed by atoms with E-state index >= 15 is 0 Å². The standard InChI is InChI=1S/C20H24N2O5S/c1-2-27-20(24)13-12-19(23)22-17-8-10-18(11-9-17)28(25,26)21-15-14-16-6-4-3-5-7-16/h3-11,21H,2,12-15H2,1H3,(H,22,23). The summed E-state index contributed by atoms with van der Waals surface area (Å²) in [7, 11) is -3.63. The van der Waals surface area contributed by atoms with Crippen LogP contribution in [0.25, 0.3) is 0 Å². The van der Waals surface area contributed by atoms with Gasteiger partial charge in [-0.1, -0.05) is 30.3 Å². The van der Waals surface area contributed by atoms with Gasteiger partial charge in [0.25, 0.3) is 0 Å². The fourth-order valence-electron chi connectivity index (χ4n) is 2.45. The Kier molecular flexibility index (Phi) is 8.16. The lowest BCUT2D eigenvalue weighted by Gasteiger charge is -2.09. The number of ether oxygens (including phenoxy) is 1. The number of benzene rings is 2. The minimum atomic E-state index is -3.63. The van der Waals surface area contributed by atoms with Crippen LogP contribution < -0.4 is 10.0 Å². The molecule has 0 aliphatic rings. The highest BCUT2D eigenvalue weighted by atomic mass is 32.2. The van der Waals surface area contributed by atoms with Crippen molar-refractivity contribution in [1.82, 2.24) is 4.72 Å². The minimum Gasteiger partial charge on any atom is -0.466 e. The van der Waals surface area contributed by atoms with Gasteiger partial charge in [0, 0.05) is 18.7 Å². The molecule has 0 aromatic heterocycles. The number of hydrogen-bond donors (Lipinski definition) is 2. The number of anilines is 1. The Hall–Kier alpha value is -2.71. The van der Waals surface area contributed by atoms with E-state index in [-0.39, 0.29) is 30.3 Å². The lowest BCUT2D eigenvalue weighted by Crippen LogP contribution is -2.26. The highest BCUT2D eigenvalue weighted by molar-refractivity contribution is 7.89. The van der Waals surface area contributed by atoms with E-state index < -0.39 is 16.0 Å². The third kappa shape index (κ3) is 7.13. The Morgan fingerprint density at radius 2 is 1.64 bits per heavy atom. The average Bonchev–Trinajstić information content (AvgIpc) is 2.68. The van der Waals surface area contributed by atoms with E-state index in [4.69, 9.17) is 4.74 Å². The summed E-state index contributed by atoms with van der Waals surface area (Å²) in [6.07, 6.45) is 0.589. The molecule has 8 heteroatoms. The number of rotatable bonds is 10. The van der Waals surface area contributed by atoms with Gasteiger partial charge < -0.3 is 10.1 Å². The van der Waals surface area contributed by atoms with Crippen molar-refractivity contribution in [2.45, 2.75) is 31.1 Å². The smallest absolute Gasteiger partial charge is 0.306 e. The molecule has 2 aromatic rings. The van der Waals surface area contributed by atoms with E-state index in [2.05, 4.69) is 10.0 Å². The van der Waals surface area contributed by atoms with Crippen LogP contribution in [0.15, 0.2) is 59.5 Å². The number of carbonyl (C=O) groups excluding carboxylic acids is 2. The molecule has 0 fully saturated rings. The quantitative estimate of drug-likeness (QED) is 0.593. The third-order valence-corrected chi connectivity index (χ3v) is 5.34. The molecule has 0 heterocycles. The van der Waals surface area contributed by atoms with Crippen molar-refractivity contribution in [2.24, 2.45) is 0 Å². The van der Waals surface area contributed by atoms with E-state index in [9.17, 15) is 18.0 Å². The van der Waals surface area contributed by atoms with Crippen molar-refractivity contribution >= 4 is 27.6 Å². The lowest BCUT2D eigenvalue weighted by atomic mass is 10.2. The first-order chi connectivity index (χ1) is 13.4. The van der Waals surface area contributed by atoms with E-state index in [0.717, 1.165) is 5.56 Å². The second-order valence-electron chi connectivity index (χ2n) is 6.01. The largest absolute Gasteiger partial charge is 0.466 e. The van der Waals surface area contributed by atoms with Crippen molar-refractivity contribution < 1.29 is 22.7 Å². The van der Waals surface area contributed by atoms with Crippen LogP contribution in [0.1, 0.15) is 25.3 Å². The number of amides is 1. The zero-order valence-electron chi connectivity index (χ0n) is 15.7. The SMILES string of the molecule is CCOC(=O)CCC(=O)Nc1ccc(S(=O)(=O)NCCc2ccccc2)cc1. The molecule has 7 nitrogen and oxygen atoms in total. The topological polar surface area (TPSA) is 102 Å². The summed E-state index contributed by atoms with van der Waals surface area (Å²) in [6, 6.07) is 15.5. The average molecular weight is 404 g/mol.